The third kappa shape index (κ3) is 0.717. The van der Waals surface area contributed by atoms with Gasteiger partial charge in [0.1, 0.15) is 0 Å². The quantitative estimate of drug-likeness (QED) is 0.512. The van der Waals surface area contributed by atoms with Crippen molar-refractivity contribution in [1.29, 1.82) is 0 Å². The van der Waals surface area contributed by atoms with Gasteiger partial charge in [-0.05, 0) is 73.0 Å². The lowest BCUT2D eigenvalue weighted by molar-refractivity contribution is 0.0716. The summed E-state index contributed by atoms with van der Waals surface area (Å²) >= 11 is 0. The summed E-state index contributed by atoms with van der Waals surface area (Å²) in [6.45, 7) is 5.08. The predicted molar refractivity (Wildman–Crippen MR) is 57.7 cm³/mol. The van der Waals surface area contributed by atoms with Crippen LogP contribution < -0.4 is 0 Å². The average Bonchev–Trinajstić information content (AvgIpc) is 2.87. The van der Waals surface area contributed by atoms with E-state index in [-0.39, 0.29) is 0 Å². The molecule has 0 N–H and O–H groups in total. The van der Waals surface area contributed by atoms with Crippen LogP contribution in [0.25, 0.3) is 0 Å². The van der Waals surface area contributed by atoms with Crippen molar-refractivity contribution in [2.75, 3.05) is 0 Å². The molecule has 8 atom stereocenters. The van der Waals surface area contributed by atoms with Crippen molar-refractivity contribution >= 4 is 0 Å². The minimum Gasteiger partial charge on any atom is -0.0620 e. The summed E-state index contributed by atoms with van der Waals surface area (Å²) < 4.78 is 0. The summed E-state index contributed by atoms with van der Waals surface area (Å²) in [6.07, 6.45) is 6.43. The van der Waals surface area contributed by atoms with Gasteiger partial charge in [-0.3, -0.25) is 0 Å². The molecule has 0 spiro atoms. The first-order valence-corrected chi connectivity index (χ1v) is 6.77. The Labute approximate surface area is 87.5 Å². The highest BCUT2D eigenvalue weighted by molar-refractivity contribution is 5.11. The molecule has 4 rings (SSSR count). The van der Waals surface area contributed by atoms with E-state index in [1.807, 2.05) is 0 Å². The molecule has 0 aromatic carbocycles. The van der Waals surface area contributed by atoms with Crippen molar-refractivity contribution < 1.29 is 0 Å². The van der Waals surface area contributed by atoms with Gasteiger partial charge in [-0.1, -0.05) is 13.8 Å². The Hall–Kier alpha value is 0. The van der Waals surface area contributed by atoms with Gasteiger partial charge in [0.15, 0.2) is 0 Å². The predicted octanol–water partition coefficient (Wildman–Crippen LogP) is 3.57. The molecule has 14 heavy (non-hydrogen) atoms. The normalized spacial score (nSPS) is 69.0. The zero-order chi connectivity index (χ0) is 9.45. The number of hydrogen-bond acceptors (Lipinski definition) is 0. The van der Waals surface area contributed by atoms with Gasteiger partial charge >= 0.3 is 0 Å². The van der Waals surface area contributed by atoms with E-state index in [1.54, 1.807) is 25.7 Å². The molecule has 0 amide bonds. The molecule has 0 saturated heterocycles. The molecule has 0 aromatic rings. The van der Waals surface area contributed by atoms with E-state index in [1.165, 1.54) is 23.7 Å². The zero-order valence-corrected chi connectivity index (χ0v) is 9.45. The Morgan fingerprint density at radius 3 is 1.71 bits per heavy atom. The minimum atomic E-state index is 1.06. The second kappa shape index (κ2) is 2.39. The zero-order valence-electron chi connectivity index (χ0n) is 9.45. The van der Waals surface area contributed by atoms with Crippen LogP contribution in [-0.2, 0) is 0 Å². The Bertz CT molecular complexity index is 243. The standard InChI is InChI=1S/C14H22/c1-7-8(2)12-6-11(7)13-9-3-4-10(5-9)14(12)13/h7-14H,3-6H2,1-2H3/t7-,8+,9?,10?,11?,12?,13?,14?. The van der Waals surface area contributed by atoms with Crippen LogP contribution >= 0.6 is 0 Å². The number of hydrogen-bond donors (Lipinski definition) is 0. The molecule has 6 unspecified atom stereocenters. The molecule has 4 saturated carbocycles. The van der Waals surface area contributed by atoms with Crippen LogP contribution in [0.2, 0.25) is 0 Å². The molecule has 0 radical (unpaired) electrons. The first-order valence-electron chi connectivity index (χ1n) is 6.77. The van der Waals surface area contributed by atoms with Crippen LogP contribution in [0, 0.1) is 47.3 Å². The molecule has 78 valence electrons. The topological polar surface area (TPSA) is 0 Å². The Kier molecular flexibility index (Phi) is 1.40. The Balaban J connectivity index is 1.74. The fraction of sp³-hybridized carbons (Fsp3) is 1.00. The Morgan fingerprint density at radius 1 is 0.714 bits per heavy atom. The Morgan fingerprint density at radius 2 is 1.21 bits per heavy atom. The molecular formula is C14H22. The van der Waals surface area contributed by atoms with Crippen molar-refractivity contribution in [2.24, 2.45) is 47.3 Å². The molecule has 0 aliphatic heterocycles. The van der Waals surface area contributed by atoms with Crippen LogP contribution in [0.4, 0.5) is 0 Å². The lowest BCUT2D eigenvalue weighted by atomic mass is 9.64. The van der Waals surface area contributed by atoms with Crippen molar-refractivity contribution in [3.63, 3.8) is 0 Å². The van der Waals surface area contributed by atoms with Gasteiger partial charge in [-0.25, -0.2) is 0 Å². The summed E-state index contributed by atoms with van der Waals surface area (Å²) in [6, 6.07) is 0. The molecule has 0 heteroatoms. The first kappa shape index (κ1) is 8.19. The van der Waals surface area contributed by atoms with Gasteiger partial charge in [0.05, 0.1) is 0 Å². The van der Waals surface area contributed by atoms with Crippen molar-refractivity contribution in [3.8, 4) is 0 Å². The van der Waals surface area contributed by atoms with Gasteiger partial charge < -0.3 is 0 Å². The van der Waals surface area contributed by atoms with Gasteiger partial charge in [0.2, 0.25) is 0 Å². The highest BCUT2D eigenvalue weighted by Crippen LogP contribution is 2.70. The smallest absolute Gasteiger partial charge is 0.0321 e. The van der Waals surface area contributed by atoms with Gasteiger partial charge in [0.25, 0.3) is 0 Å². The van der Waals surface area contributed by atoms with Crippen LogP contribution in [0.15, 0.2) is 0 Å². The highest BCUT2D eigenvalue weighted by atomic mass is 14.7. The highest BCUT2D eigenvalue weighted by Gasteiger charge is 2.63. The number of rotatable bonds is 0. The van der Waals surface area contributed by atoms with Crippen LogP contribution in [0.5, 0.6) is 0 Å². The van der Waals surface area contributed by atoms with E-state index in [2.05, 4.69) is 13.8 Å². The van der Waals surface area contributed by atoms with E-state index in [4.69, 9.17) is 0 Å². The average molecular weight is 190 g/mol. The fourth-order valence-corrected chi connectivity index (χ4v) is 6.19. The molecule has 4 aliphatic rings. The SMILES string of the molecule is C[C@@H]1C2CC(C3C4CCC(C4)C32)[C@@H]1C. The van der Waals surface area contributed by atoms with Crippen molar-refractivity contribution in [1.82, 2.24) is 0 Å². The molecule has 0 aromatic heterocycles. The lowest BCUT2D eigenvalue weighted by Gasteiger charge is -2.41. The summed E-state index contributed by atoms with van der Waals surface area (Å²) in [5, 5.41) is 0. The molecule has 4 fully saturated rings. The number of fused-ring (bicyclic) bond motifs is 9. The second-order valence-corrected chi connectivity index (χ2v) is 6.77. The fourth-order valence-electron chi connectivity index (χ4n) is 6.19. The van der Waals surface area contributed by atoms with Crippen LogP contribution in [-0.4, -0.2) is 0 Å². The van der Waals surface area contributed by atoms with Crippen molar-refractivity contribution in [2.45, 2.75) is 39.5 Å². The third-order valence-electron chi connectivity index (χ3n) is 6.76. The van der Waals surface area contributed by atoms with E-state index in [0.29, 0.717) is 0 Å². The van der Waals surface area contributed by atoms with Crippen LogP contribution in [0.1, 0.15) is 39.5 Å². The summed E-state index contributed by atoms with van der Waals surface area (Å²) in [4.78, 5) is 0. The molecule has 4 aliphatic carbocycles. The van der Waals surface area contributed by atoms with E-state index in [0.717, 1.165) is 23.7 Å². The molecular weight excluding hydrogens is 168 g/mol. The lowest BCUT2D eigenvalue weighted by Crippen LogP contribution is -2.35. The van der Waals surface area contributed by atoms with E-state index >= 15 is 0 Å². The molecule has 0 nitrogen and oxygen atoms in total. The summed E-state index contributed by atoms with van der Waals surface area (Å²) in [5.74, 6) is 9.16. The summed E-state index contributed by atoms with van der Waals surface area (Å²) in [5.41, 5.74) is 0. The van der Waals surface area contributed by atoms with Gasteiger partial charge in [-0.2, -0.15) is 0 Å². The maximum atomic E-state index is 2.54. The maximum Gasteiger partial charge on any atom is -0.0321 e. The van der Waals surface area contributed by atoms with E-state index < -0.39 is 0 Å². The van der Waals surface area contributed by atoms with Crippen molar-refractivity contribution in [3.05, 3.63) is 0 Å². The maximum absolute atomic E-state index is 2.54. The van der Waals surface area contributed by atoms with Gasteiger partial charge in [0, 0.05) is 0 Å². The van der Waals surface area contributed by atoms with E-state index in [9.17, 15) is 0 Å². The summed E-state index contributed by atoms with van der Waals surface area (Å²) in [7, 11) is 0. The molecule has 4 bridgehead atoms. The van der Waals surface area contributed by atoms with Crippen LogP contribution in [0.3, 0.4) is 0 Å². The second-order valence-electron chi connectivity index (χ2n) is 6.77. The first-order chi connectivity index (χ1) is 6.77. The molecule has 0 heterocycles. The van der Waals surface area contributed by atoms with Gasteiger partial charge in [-0.15, -0.1) is 0 Å². The largest absolute Gasteiger partial charge is 0.0620 e. The third-order valence-corrected chi connectivity index (χ3v) is 6.76. The monoisotopic (exact) mass is 190 g/mol. The minimum absolute atomic E-state index is 1.06.